The average molecular weight is 282 g/mol. The van der Waals surface area contributed by atoms with E-state index in [4.69, 9.17) is 5.11 Å². The van der Waals surface area contributed by atoms with Crippen LogP contribution in [0.25, 0.3) is 0 Å². The quantitative estimate of drug-likeness (QED) is 0.839. The van der Waals surface area contributed by atoms with Crippen molar-refractivity contribution >= 4 is 17.7 Å². The molecule has 0 bridgehead atoms. The van der Waals surface area contributed by atoms with E-state index in [9.17, 15) is 9.18 Å². The molecule has 0 aliphatic heterocycles. The molecule has 1 aromatic heterocycles. The fraction of sp³-hybridized carbons (Fsp3) is 0.273. The Morgan fingerprint density at radius 1 is 1.58 bits per heavy atom. The summed E-state index contributed by atoms with van der Waals surface area (Å²) < 4.78 is 14.7. The van der Waals surface area contributed by atoms with Gasteiger partial charge in [0.05, 0.1) is 11.8 Å². The Morgan fingerprint density at radius 2 is 2.37 bits per heavy atom. The van der Waals surface area contributed by atoms with Crippen molar-refractivity contribution in [1.29, 1.82) is 0 Å². The highest BCUT2D eigenvalue weighted by molar-refractivity contribution is 7.99. The number of benzene rings is 1. The summed E-state index contributed by atoms with van der Waals surface area (Å²) in [7, 11) is 0. The number of aromatic nitrogens is 4. The van der Waals surface area contributed by atoms with Crippen molar-refractivity contribution in [1.82, 2.24) is 20.2 Å². The Morgan fingerprint density at radius 3 is 3.05 bits per heavy atom. The lowest BCUT2D eigenvalue weighted by atomic mass is 10.1. The number of carboxylic acids is 1. The summed E-state index contributed by atoms with van der Waals surface area (Å²) in [6.07, 6.45) is 0. The van der Waals surface area contributed by atoms with Crippen LogP contribution in [0.2, 0.25) is 0 Å². The van der Waals surface area contributed by atoms with Crippen LogP contribution in [0.3, 0.4) is 0 Å². The largest absolute Gasteiger partial charge is 0.481 e. The van der Waals surface area contributed by atoms with Gasteiger partial charge in [0, 0.05) is 0 Å². The number of halogens is 1. The van der Waals surface area contributed by atoms with Crippen molar-refractivity contribution in [2.24, 2.45) is 0 Å². The summed E-state index contributed by atoms with van der Waals surface area (Å²) in [5.74, 6) is -1.41. The van der Waals surface area contributed by atoms with E-state index in [2.05, 4.69) is 15.5 Å². The third-order valence-electron chi connectivity index (χ3n) is 2.49. The maximum Gasteiger partial charge on any atom is 0.313 e. The predicted octanol–water partition coefficient (Wildman–Crippen LogP) is 1.60. The number of tetrazole rings is 1. The van der Waals surface area contributed by atoms with Gasteiger partial charge < -0.3 is 5.11 Å². The van der Waals surface area contributed by atoms with Crippen LogP contribution in [0.1, 0.15) is 18.5 Å². The first-order valence-electron chi connectivity index (χ1n) is 5.46. The third-order valence-corrected chi connectivity index (χ3v) is 3.40. The molecule has 6 nitrogen and oxygen atoms in total. The van der Waals surface area contributed by atoms with Crippen molar-refractivity contribution < 1.29 is 14.3 Å². The van der Waals surface area contributed by atoms with Crippen LogP contribution in [-0.4, -0.2) is 37.0 Å². The zero-order valence-electron chi connectivity index (χ0n) is 10.0. The number of carboxylic acid groups (broad SMARTS) is 1. The summed E-state index contributed by atoms with van der Waals surface area (Å²) in [5, 5.41) is 20.1. The van der Waals surface area contributed by atoms with Gasteiger partial charge in [-0.15, -0.1) is 5.10 Å². The van der Waals surface area contributed by atoms with Gasteiger partial charge in [-0.1, -0.05) is 23.9 Å². The van der Waals surface area contributed by atoms with Gasteiger partial charge in [0.1, 0.15) is 5.82 Å². The molecule has 1 N–H and O–H groups in total. The van der Waals surface area contributed by atoms with E-state index < -0.39 is 5.97 Å². The van der Waals surface area contributed by atoms with E-state index in [1.165, 1.54) is 16.8 Å². The normalized spacial score (nSPS) is 12.3. The first kappa shape index (κ1) is 13.5. The van der Waals surface area contributed by atoms with Crippen molar-refractivity contribution in [3.63, 3.8) is 0 Å². The molecule has 2 aromatic rings. The Labute approximate surface area is 112 Å². The Hall–Kier alpha value is -1.96. The van der Waals surface area contributed by atoms with E-state index in [-0.39, 0.29) is 17.6 Å². The highest BCUT2D eigenvalue weighted by atomic mass is 32.2. The van der Waals surface area contributed by atoms with Gasteiger partial charge in [-0.3, -0.25) is 4.79 Å². The zero-order chi connectivity index (χ0) is 13.8. The first-order valence-corrected chi connectivity index (χ1v) is 6.44. The minimum Gasteiger partial charge on any atom is -0.481 e. The summed E-state index contributed by atoms with van der Waals surface area (Å²) >= 11 is 1.02. The fourth-order valence-corrected chi connectivity index (χ4v) is 2.23. The summed E-state index contributed by atoms with van der Waals surface area (Å²) in [4.78, 5) is 10.5. The predicted molar refractivity (Wildman–Crippen MR) is 66.4 cm³/mol. The molecule has 0 fully saturated rings. The van der Waals surface area contributed by atoms with Gasteiger partial charge in [0.2, 0.25) is 5.16 Å². The highest BCUT2D eigenvalue weighted by Gasteiger charge is 2.16. The summed E-state index contributed by atoms with van der Waals surface area (Å²) in [6.45, 7) is 1.82. The molecular formula is C11H11FN4O2S. The number of rotatable bonds is 5. The molecule has 0 spiro atoms. The van der Waals surface area contributed by atoms with Crippen LogP contribution >= 0.6 is 11.8 Å². The van der Waals surface area contributed by atoms with Crippen molar-refractivity contribution in [3.05, 3.63) is 35.6 Å². The van der Waals surface area contributed by atoms with Crippen LogP contribution in [-0.2, 0) is 4.79 Å². The Kier molecular flexibility index (Phi) is 4.10. The van der Waals surface area contributed by atoms with Gasteiger partial charge in [0.25, 0.3) is 0 Å². The van der Waals surface area contributed by atoms with E-state index in [1.807, 2.05) is 6.92 Å². The number of aliphatic carboxylic acids is 1. The number of hydrogen-bond donors (Lipinski definition) is 1. The van der Waals surface area contributed by atoms with Crippen molar-refractivity contribution in [2.45, 2.75) is 18.1 Å². The van der Waals surface area contributed by atoms with Gasteiger partial charge in [0.15, 0.2) is 0 Å². The molecule has 0 amide bonds. The highest BCUT2D eigenvalue weighted by Crippen LogP contribution is 2.23. The minimum atomic E-state index is -0.946. The molecule has 1 aromatic carbocycles. The molecule has 1 heterocycles. The van der Waals surface area contributed by atoms with Gasteiger partial charge in [-0.05, 0) is 35.0 Å². The standard InChI is InChI=1S/C11H11FN4O2S/c1-7(8-3-2-4-9(12)5-8)16-11(13-14-15-16)19-6-10(17)18/h2-5,7H,6H2,1H3,(H,17,18). The molecule has 1 unspecified atom stereocenters. The second-order valence-electron chi connectivity index (χ2n) is 3.82. The van der Waals surface area contributed by atoms with Crippen LogP contribution in [0.5, 0.6) is 0 Å². The molecule has 8 heteroatoms. The number of carbonyl (C=O) groups is 1. The van der Waals surface area contributed by atoms with Crippen LogP contribution in [0, 0.1) is 5.82 Å². The lowest BCUT2D eigenvalue weighted by Crippen LogP contribution is -2.11. The molecule has 2 rings (SSSR count). The second kappa shape index (κ2) is 5.79. The molecule has 19 heavy (non-hydrogen) atoms. The summed E-state index contributed by atoms with van der Waals surface area (Å²) in [5.41, 5.74) is 0.712. The smallest absolute Gasteiger partial charge is 0.313 e. The van der Waals surface area contributed by atoms with E-state index >= 15 is 0 Å². The van der Waals surface area contributed by atoms with E-state index in [1.54, 1.807) is 12.1 Å². The van der Waals surface area contributed by atoms with Crippen LogP contribution in [0.15, 0.2) is 29.4 Å². The van der Waals surface area contributed by atoms with E-state index in [0.717, 1.165) is 11.8 Å². The fourth-order valence-electron chi connectivity index (χ4n) is 1.56. The maximum absolute atomic E-state index is 13.2. The molecule has 0 aliphatic rings. The van der Waals surface area contributed by atoms with Crippen molar-refractivity contribution in [2.75, 3.05) is 5.75 Å². The lowest BCUT2D eigenvalue weighted by molar-refractivity contribution is -0.133. The van der Waals surface area contributed by atoms with Gasteiger partial charge >= 0.3 is 5.97 Å². The SMILES string of the molecule is CC(c1cccc(F)c1)n1nnnc1SCC(=O)O. The summed E-state index contributed by atoms with van der Waals surface area (Å²) in [6, 6.07) is 5.85. The Balaban J connectivity index is 2.22. The third kappa shape index (κ3) is 3.28. The number of hydrogen-bond acceptors (Lipinski definition) is 5. The van der Waals surface area contributed by atoms with Crippen LogP contribution in [0.4, 0.5) is 4.39 Å². The molecular weight excluding hydrogens is 271 g/mol. The average Bonchev–Trinajstić information content (AvgIpc) is 2.83. The second-order valence-corrected chi connectivity index (χ2v) is 4.76. The lowest BCUT2D eigenvalue weighted by Gasteiger charge is -2.13. The van der Waals surface area contributed by atoms with Crippen molar-refractivity contribution in [3.8, 4) is 0 Å². The topological polar surface area (TPSA) is 80.9 Å². The molecule has 0 saturated heterocycles. The minimum absolute atomic E-state index is 0.129. The molecule has 1 atom stereocenters. The maximum atomic E-state index is 13.2. The number of thioether (sulfide) groups is 1. The van der Waals surface area contributed by atoms with E-state index in [0.29, 0.717) is 10.7 Å². The Bertz CT molecular complexity index is 590. The van der Waals surface area contributed by atoms with Gasteiger partial charge in [-0.25, -0.2) is 9.07 Å². The molecule has 0 radical (unpaired) electrons. The molecule has 100 valence electrons. The van der Waals surface area contributed by atoms with Crippen LogP contribution < -0.4 is 0 Å². The first-order chi connectivity index (χ1) is 9.08. The molecule has 0 aliphatic carbocycles. The molecule has 0 saturated carbocycles. The van der Waals surface area contributed by atoms with Gasteiger partial charge in [-0.2, -0.15) is 0 Å². The number of nitrogens with zero attached hydrogens (tertiary/aromatic N) is 4. The monoisotopic (exact) mass is 282 g/mol. The zero-order valence-corrected chi connectivity index (χ0v) is 10.8.